The molecule has 2 aliphatic carbocycles. The van der Waals surface area contributed by atoms with Gasteiger partial charge in [0.1, 0.15) is 12.4 Å². The van der Waals surface area contributed by atoms with Crippen LogP contribution in [0.15, 0.2) is 59.7 Å². The van der Waals surface area contributed by atoms with Crippen LogP contribution in [0.25, 0.3) is 0 Å². The van der Waals surface area contributed by atoms with Crippen molar-refractivity contribution in [2.45, 2.75) is 44.6 Å². The molecule has 3 fully saturated rings. The van der Waals surface area contributed by atoms with Crippen LogP contribution in [0.1, 0.15) is 30.4 Å². The number of aliphatic hydroxyl groups excluding tert-OH is 2. The number of amides is 3. The number of methoxy groups -OCH3 is 1. The maximum Gasteiger partial charge on any atom is 0.428 e. The highest BCUT2D eigenvalue weighted by Crippen LogP contribution is 2.49. The zero-order valence-electron chi connectivity index (χ0n) is 21.0. The number of hydrogen-bond acceptors (Lipinski definition) is 8. The number of nitrogens with zero attached hydrogens (tertiary/aromatic N) is 2. The zero-order valence-corrected chi connectivity index (χ0v) is 21.0. The van der Waals surface area contributed by atoms with Crippen LogP contribution in [0.4, 0.5) is 4.79 Å². The largest absolute Gasteiger partial charge is 0.497 e. The quantitative estimate of drug-likeness (QED) is 0.392. The average Bonchev–Trinajstić information content (AvgIpc) is 3.18. The van der Waals surface area contributed by atoms with Crippen molar-refractivity contribution in [3.05, 3.63) is 65.7 Å². The summed E-state index contributed by atoms with van der Waals surface area (Å²) in [6, 6.07) is 16.4. The van der Waals surface area contributed by atoms with Crippen LogP contribution in [0.3, 0.4) is 0 Å². The number of ether oxygens (including phenoxy) is 2. The smallest absolute Gasteiger partial charge is 0.428 e. The molecule has 6 atom stereocenters. The van der Waals surface area contributed by atoms with Gasteiger partial charge in [-0.2, -0.15) is 5.10 Å². The first-order chi connectivity index (χ1) is 18.4. The summed E-state index contributed by atoms with van der Waals surface area (Å²) in [6.07, 6.45) is -2.09. The Balaban J connectivity index is 1.28. The number of carbonyl (C=O) groups is 3. The molecular weight excluding hydrogens is 490 g/mol. The highest BCUT2D eigenvalue weighted by Gasteiger charge is 2.59. The van der Waals surface area contributed by atoms with Gasteiger partial charge in [0.15, 0.2) is 0 Å². The Morgan fingerprint density at radius 2 is 1.71 bits per heavy atom. The molecule has 2 saturated carbocycles. The second-order valence-corrected chi connectivity index (χ2v) is 10.0. The summed E-state index contributed by atoms with van der Waals surface area (Å²) in [5.74, 6) is -2.21. The van der Waals surface area contributed by atoms with E-state index < -0.39 is 36.1 Å². The number of nitrogens with one attached hydrogen (secondary N) is 1. The van der Waals surface area contributed by atoms with Gasteiger partial charge < -0.3 is 19.7 Å². The van der Waals surface area contributed by atoms with Gasteiger partial charge in [-0.3, -0.25) is 14.5 Å². The Hall–Kier alpha value is -3.76. The lowest BCUT2D eigenvalue weighted by molar-refractivity contribution is -0.142. The molecule has 0 unspecified atom stereocenters. The number of hydrazone groups is 1. The van der Waals surface area contributed by atoms with E-state index in [1.54, 1.807) is 31.4 Å². The van der Waals surface area contributed by atoms with E-state index in [1.807, 2.05) is 30.3 Å². The molecule has 2 aromatic carbocycles. The molecule has 10 nitrogen and oxygen atoms in total. The van der Waals surface area contributed by atoms with Crippen LogP contribution in [-0.2, 0) is 27.5 Å². The van der Waals surface area contributed by atoms with Gasteiger partial charge in [0.2, 0.25) is 11.8 Å². The number of benzene rings is 2. The fraction of sp³-hybridized carbons (Fsp3) is 0.429. The summed E-state index contributed by atoms with van der Waals surface area (Å²) < 4.78 is 10.3. The zero-order chi connectivity index (χ0) is 26.8. The molecule has 3 aliphatic rings. The number of hydrogen-bond donors (Lipinski definition) is 3. The highest BCUT2D eigenvalue weighted by atomic mass is 16.6. The van der Waals surface area contributed by atoms with E-state index in [0.29, 0.717) is 24.3 Å². The first kappa shape index (κ1) is 25.9. The monoisotopic (exact) mass is 521 g/mol. The van der Waals surface area contributed by atoms with E-state index in [1.165, 1.54) is 4.90 Å². The molecule has 2 aromatic rings. The summed E-state index contributed by atoms with van der Waals surface area (Å²) >= 11 is 0. The lowest BCUT2D eigenvalue weighted by Gasteiger charge is -2.45. The van der Waals surface area contributed by atoms with E-state index >= 15 is 0 Å². The summed E-state index contributed by atoms with van der Waals surface area (Å²) in [7, 11) is 1.57. The molecule has 200 valence electrons. The van der Waals surface area contributed by atoms with E-state index in [9.17, 15) is 24.6 Å². The Bertz CT molecular complexity index is 1220. The molecule has 0 bridgehead atoms. The van der Waals surface area contributed by atoms with Gasteiger partial charge in [-0.1, -0.05) is 42.5 Å². The predicted octanol–water partition coefficient (Wildman–Crippen LogP) is 2.23. The summed E-state index contributed by atoms with van der Waals surface area (Å²) in [5, 5.41) is 25.8. The van der Waals surface area contributed by atoms with Crippen LogP contribution < -0.4 is 10.2 Å². The van der Waals surface area contributed by atoms with Crippen LogP contribution in [0.2, 0.25) is 0 Å². The lowest BCUT2D eigenvalue weighted by Crippen LogP contribution is -2.55. The molecular formula is C28H31N3O7. The van der Waals surface area contributed by atoms with Crippen LogP contribution >= 0.6 is 0 Å². The number of rotatable bonds is 6. The molecule has 3 amide bonds. The lowest BCUT2D eigenvalue weighted by atomic mass is 9.60. The minimum Gasteiger partial charge on any atom is -0.497 e. The van der Waals surface area contributed by atoms with Gasteiger partial charge in [-0.05, 0) is 36.1 Å². The molecule has 0 spiro atoms. The topological polar surface area (TPSA) is 138 Å². The molecule has 5 rings (SSSR count). The summed E-state index contributed by atoms with van der Waals surface area (Å²) in [4.78, 5) is 40.2. The van der Waals surface area contributed by atoms with Gasteiger partial charge >= 0.3 is 6.09 Å². The van der Waals surface area contributed by atoms with Crippen molar-refractivity contribution in [2.75, 3.05) is 7.11 Å². The minimum absolute atomic E-state index is 0.0334. The van der Waals surface area contributed by atoms with Crippen molar-refractivity contribution in [1.82, 2.24) is 10.3 Å². The van der Waals surface area contributed by atoms with E-state index in [4.69, 9.17) is 9.47 Å². The normalized spacial score (nSPS) is 29.6. The van der Waals surface area contributed by atoms with Gasteiger partial charge in [0.25, 0.3) is 0 Å². The maximum absolute atomic E-state index is 13.5. The predicted molar refractivity (Wildman–Crippen MR) is 136 cm³/mol. The molecule has 0 aromatic heterocycles. The Labute approximate surface area is 220 Å². The van der Waals surface area contributed by atoms with Crippen molar-refractivity contribution >= 4 is 23.6 Å². The average molecular weight is 522 g/mol. The van der Waals surface area contributed by atoms with Crippen molar-refractivity contribution in [3.8, 4) is 5.75 Å². The molecule has 0 radical (unpaired) electrons. The SMILES string of the molecule is COc1ccc(COC(=O)N/N=C2\C[C@@H](O)[C@@H](O)[C@@H]3[C@@H]4C(=O)N(Cc5ccccc5)C(=O)[C@@H]4CC[C@H]23)cc1. The highest BCUT2D eigenvalue weighted by molar-refractivity contribution is 6.06. The number of aliphatic hydroxyl groups is 2. The molecule has 1 saturated heterocycles. The van der Waals surface area contributed by atoms with Gasteiger partial charge in [0, 0.05) is 24.0 Å². The number of likely N-dealkylation sites (tertiary alicyclic amines) is 1. The third-order valence-electron chi connectivity index (χ3n) is 7.87. The van der Waals surface area contributed by atoms with Crippen LogP contribution in [-0.4, -0.2) is 58.0 Å². The van der Waals surface area contributed by atoms with E-state index in [0.717, 1.165) is 11.1 Å². The second kappa shape index (κ2) is 10.9. The minimum atomic E-state index is -1.18. The standard InChI is InChI=1S/C28H31N3O7/c1-37-18-9-7-17(8-10-18)15-38-28(36)30-29-21-13-22(32)25(33)23-19(21)11-12-20-24(23)27(35)31(26(20)34)14-16-5-3-2-4-6-16/h2-10,19-20,22-25,32-33H,11-15H2,1H3,(H,30,36)/b29-21+/t19-,20-,22-,23+,24-,25-/m1/s1. The number of fused-ring (bicyclic) bond motifs is 3. The fourth-order valence-electron chi connectivity index (χ4n) is 6.01. The third kappa shape index (κ3) is 5.01. The summed E-state index contributed by atoms with van der Waals surface area (Å²) in [5.41, 5.74) is 4.47. The summed E-state index contributed by atoms with van der Waals surface area (Å²) in [6.45, 7) is 0.204. The maximum atomic E-state index is 13.5. The van der Waals surface area contributed by atoms with Crippen molar-refractivity contribution < 1.29 is 34.1 Å². The third-order valence-corrected chi connectivity index (χ3v) is 7.87. The van der Waals surface area contributed by atoms with Gasteiger partial charge in [-0.25, -0.2) is 10.2 Å². The van der Waals surface area contributed by atoms with E-state index in [2.05, 4.69) is 10.5 Å². The van der Waals surface area contributed by atoms with Crippen LogP contribution in [0, 0.1) is 23.7 Å². The van der Waals surface area contributed by atoms with Crippen molar-refractivity contribution in [2.24, 2.45) is 28.8 Å². The number of carbonyl (C=O) groups excluding carboxylic acids is 3. The second-order valence-electron chi connectivity index (χ2n) is 10.0. The van der Waals surface area contributed by atoms with Crippen molar-refractivity contribution in [3.63, 3.8) is 0 Å². The van der Waals surface area contributed by atoms with Crippen LogP contribution in [0.5, 0.6) is 5.75 Å². The Morgan fingerprint density at radius 1 is 1.00 bits per heavy atom. The molecule has 3 N–H and O–H groups in total. The fourth-order valence-corrected chi connectivity index (χ4v) is 6.01. The Kier molecular flexibility index (Phi) is 7.44. The molecule has 1 heterocycles. The Morgan fingerprint density at radius 3 is 2.42 bits per heavy atom. The molecule has 10 heteroatoms. The molecule has 38 heavy (non-hydrogen) atoms. The first-order valence-electron chi connectivity index (χ1n) is 12.7. The first-order valence-corrected chi connectivity index (χ1v) is 12.7. The van der Waals surface area contributed by atoms with Gasteiger partial charge in [-0.15, -0.1) is 0 Å². The van der Waals surface area contributed by atoms with E-state index in [-0.39, 0.29) is 37.3 Å². The number of imide groups is 1. The van der Waals surface area contributed by atoms with Gasteiger partial charge in [0.05, 0.1) is 37.7 Å². The van der Waals surface area contributed by atoms with Crippen molar-refractivity contribution in [1.29, 1.82) is 0 Å². The molecule has 1 aliphatic heterocycles.